The molecule has 0 spiro atoms. The third-order valence-electron chi connectivity index (χ3n) is 6.21. The number of benzene rings is 6. The molecular weight excluding hydrogens is 428 g/mol. The van der Waals surface area contributed by atoms with E-state index in [1.807, 2.05) is 72.8 Å². The summed E-state index contributed by atoms with van der Waals surface area (Å²) in [4.78, 5) is 0. The summed E-state index contributed by atoms with van der Waals surface area (Å²) < 4.78 is 12.4. The first-order valence-electron chi connectivity index (χ1n) is 11.8. The fourth-order valence-electron chi connectivity index (χ4n) is 4.41. The normalized spacial score (nSPS) is 11.0. The first-order valence-corrected chi connectivity index (χ1v) is 11.8. The van der Waals surface area contributed by atoms with Gasteiger partial charge in [-0.3, -0.25) is 0 Å². The van der Waals surface area contributed by atoms with Crippen LogP contribution in [0.4, 0.5) is 0 Å². The number of fused-ring (bicyclic) bond motifs is 2. The van der Waals surface area contributed by atoms with E-state index in [-0.39, 0.29) is 0 Å². The van der Waals surface area contributed by atoms with E-state index in [1.54, 1.807) is 0 Å². The lowest BCUT2D eigenvalue weighted by Crippen LogP contribution is -1.91. The summed E-state index contributed by atoms with van der Waals surface area (Å²) in [6.45, 7) is 0. The predicted molar refractivity (Wildman–Crippen MR) is 144 cm³/mol. The molecule has 2 nitrogen and oxygen atoms in total. The molecule has 0 unspecified atom stereocenters. The quantitative estimate of drug-likeness (QED) is 0.251. The highest BCUT2D eigenvalue weighted by atomic mass is 16.5. The topological polar surface area (TPSA) is 18.5 Å². The van der Waals surface area contributed by atoms with Crippen LogP contribution in [0.15, 0.2) is 133 Å². The summed E-state index contributed by atoms with van der Waals surface area (Å²) in [5.41, 5.74) is 2.47. The number of rotatable bonds is 6. The molecular formula is C33H24O2. The Bertz CT molecular complexity index is 1470. The zero-order valence-electron chi connectivity index (χ0n) is 19.2. The van der Waals surface area contributed by atoms with Crippen molar-refractivity contribution in [2.45, 2.75) is 6.42 Å². The minimum absolute atomic E-state index is 0.837. The molecule has 0 heterocycles. The molecule has 6 aromatic carbocycles. The van der Waals surface area contributed by atoms with Crippen molar-refractivity contribution in [1.82, 2.24) is 0 Å². The lowest BCUT2D eigenvalue weighted by molar-refractivity contribution is 0.488. The summed E-state index contributed by atoms with van der Waals surface area (Å²) in [5.74, 6) is 3.42. The molecule has 0 radical (unpaired) electrons. The van der Waals surface area contributed by atoms with E-state index >= 15 is 0 Å². The zero-order valence-corrected chi connectivity index (χ0v) is 19.2. The Morgan fingerprint density at radius 3 is 1.23 bits per heavy atom. The summed E-state index contributed by atoms with van der Waals surface area (Å²) in [6, 6.07) is 45.5. The molecule has 6 aromatic rings. The van der Waals surface area contributed by atoms with Gasteiger partial charge in [0.05, 0.1) is 0 Å². The first-order chi connectivity index (χ1) is 17.3. The van der Waals surface area contributed by atoms with Gasteiger partial charge in [0.25, 0.3) is 0 Å². The number of hydrogen-bond donors (Lipinski definition) is 0. The van der Waals surface area contributed by atoms with Crippen LogP contribution in [0.3, 0.4) is 0 Å². The molecule has 0 amide bonds. The predicted octanol–water partition coefficient (Wildman–Crippen LogP) is 9.17. The average molecular weight is 453 g/mol. The van der Waals surface area contributed by atoms with Crippen molar-refractivity contribution in [3.05, 3.63) is 145 Å². The zero-order chi connectivity index (χ0) is 23.5. The second-order valence-corrected chi connectivity index (χ2v) is 8.62. The summed E-state index contributed by atoms with van der Waals surface area (Å²) >= 11 is 0. The number of ether oxygens (including phenoxy) is 2. The van der Waals surface area contributed by atoms with Crippen LogP contribution in [0.1, 0.15) is 11.1 Å². The fraction of sp³-hybridized carbons (Fsp3) is 0.0303. The largest absolute Gasteiger partial charge is 0.457 e. The minimum atomic E-state index is 0.837. The average Bonchev–Trinajstić information content (AvgIpc) is 2.91. The maximum Gasteiger partial charge on any atom is 0.135 e. The molecule has 0 atom stereocenters. The Morgan fingerprint density at radius 2 is 0.771 bits per heavy atom. The maximum atomic E-state index is 6.18. The van der Waals surface area contributed by atoms with Crippen molar-refractivity contribution in [3.8, 4) is 23.0 Å². The molecule has 0 saturated carbocycles. The second kappa shape index (κ2) is 9.36. The van der Waals surface area contributed by atoms with E-state index in [2.05, 4.69) is 60.7 Å². The molecule has 0 saturated heterocycles. The highest BCUT2D eigenvalue weighted by Crippen LogP contribution is 2.31. The third kappa shape index (κ3) is 4.60. The SMILES string of the molecule is c1ccc2c(Oc3ccc(Cc4ccc(Oc5cccc6ccccc56)cc4)cc3)cccc2c1. The van der Waals surface area contributed by atoms with Gasteiger partial charge in [0.1, 0.15) is 23.0 Å². The lowest BCUT2D eigenvalue weighted by atomic mass is 10.0. The van der Waals surface area contributed by atoms with Crippen LogP contribution in [0, 0.1) is 0 Å². The van der Waals surface area contributed by atoms with Gasteiger partial charge in [-0.1, -0.05) is 97.1 Å². The smallest absolute Gasteiger partial charge is 0.135 e. The molecule has 0 N–H and O–H groups in total. The van der Waals surface area contributed by atoms with Gasteiger partial charge in [-0.25, -0.2) is 0 Å². The Morgan fingerprint density at radius 1 is 0.371 bits per heavy atom. The van der Waals surface area contributed by atoms with Crippen LogP contribution < -0.4 is 9.47 Å². The molecule has 0 aliphatic heterocycles. The minimum Gasteiger partial charge on any atom is -0.457 e. The Balaban J connectivity index is 1.13. The molecule has 168 valence electrons. The van der Waals surface area contributed by atoms with Crippen molar-refractivity contribution < 1.29 is 9.47 Å². The Hall–Kier alpha value is -4.56. The third-order valence-corrected chi connectivity index (χ3v) is 6.21. The second-order valence-electron chi connectivity index (χ2n) is 8.62. The molecule has 6 rings (SSSR count). The van der Waals surface area contributed by atoms with Gasteiger partial charge in [0.2, 0.25) is 0 Å². The van der Waals surface area contributed by atoms with Crippen LogP contribution >= 0.6 is 0 Å². The Labute approximate surface area is 205 Å². The van der Waals surface area contributed by atoms with Crippen molar-refractivity contribution in [3.63, 3.8) is 0 Å². The van der Waals surface area contributed by atoms with E-state index < -0.39 is 0 Å². The molecule has 2 heteroatoms. The monoisotopic (exact) mass is 452 g/mol. The standard InChI is InChI=1S/C33H24O2/c1-3-11-30-26(7-1)9-5-13-32(30)34-28-19-15-24(16-20-28)23-25-17-21-29(22-18-25)35-33-14-6-10-27-8-2-4-12-31(27)33/h1-22H,23H2. The van der Waals surface area contributed by atoms with Crippen molar-refractivity contribution in [2.24, 2.45) is 0 Å². The van der Waals surface area contributed by atoms with E-state index in [4.69, 9.17) is 9.47 Å². The van der Waals surface area contributed by atoms with Crippen LogP contribution in [-0.4, -0.2) is 0 Å². The van der Waals surface area contributed by atoms with Crippen LogP contribution in [0.2, 0.25) is 0 Å². The molecule has 0 aliphatic rings. The molecule has 0 fully saturated rings. The van der Waals surface area contributed by atoms with Crippen molar-refractivity contribution in [2.75, 3.05) is 0 Å². The van der Waals surface area contributed by atoms with Gasteiger partial charge in [-0.15, -0.1) is 0 Å². The van der Waals surface area contributed by atoms with Crippen LogP contribution in [0.5, 0.6) is 23.0 Å². The van der Waals surface area contributed by atoms with E-state index in [9.17, 15) is 0 Å². The molecule has 35 heavy (non-hydrogen) atoms. The van der Waals surface area contributed by atoms with Gasteiger partial charge in [-0.2, -0.15) is 0 Å². The summed E-state index contributed by atoms with van der Waals surface area (Å²) in [6.07, 6.45) is 0.850. The summed E-state index contributed by atoms with van der Waals surface area (Å²) in [5, 5.41) is 4.58. The lowest BCUT2D eigenvalue weighted by Gasteiger charge is -2.11. The number of hydrogen-bond acceptors (Lipinski definition) is 2. The van der Waals surface area contributed by atoms with Crippen LogP contribution in [0.25, 0.3) is 21.5 Å². The van der Waals surface area contributed by atoms with Gasteiger partial charge in [0.15, 0.2) is 0 Å². The van der Waals surface area contributed by atoms with Gasteiger partial charge < -0.3 is 9.47 Å². The highest BCUT2D eigenvalue weighted by Gasteiger charge is 2.06. The molecule has 0 bridgehead atoms. The van der Waals surface area contributed by atoms with Crippen LogP contribution in [-0.2, 0) is 6.42 Å². The summed E-state index contributed by atoms with van der Waals surface area (Å²) in [7, 11) is 0. The maximum absolute atomic E-state index is 6.18. The van der Waals surface area contributed by atoms with Crippen molar-refractivity contribution in [1.29, 1.82) is 0 Å². The van der Waals surface area contributed by atoms with Crippen molar-refractivity contribution >= 4 is 21.5 Å². The fourth-order valence-corrected chi connectivity index (χ4v) is 4.41. The highest BCUT2D eigenvalue weighted by molar-refractivity contribution is 5.89. The van der Waals surface area contributed by atoms with E-state index in [0.29, 0.717) is 0 Å². The Kier molecular flexibility index (Phi) is 5.62. The van der Waals surface area contributed by atoms with E-state index in [1.165, 1.54) is 21.9 Å². The van der Waals surface area contributed by atoms with E-state index in [0.717, 1.165) is 40.2 Å². The first kappa shape index (κ1) is 21.0. The van der Waals surface area contributed by atoms with Gasteiger partial charge >= 0.3 is 0 Å². The van der Waals surface area contributed by atoms with Gasteiger partial charge in [0, 0.05) is 10.8 Å². The molecule has 0 aromatic heterocycles. The van der Waals surface area contributed by atoms with Gasteiger partial charge in [-0.05, 0) is 64.7 Å². The molecule has 0 aliphatic carbocycles.